The Morgan fingerprint density at radius 1 is 1.19 bits per heavy atom. The van der Waals surface area contributed by atoms with Gasteiger partial charge in [0.15, 0.2) is 12.4 Å². The molecule has 1 amide bonds. The molecule has 0 aliphatic carbocycles. The second-order valence-electron chi connectivity index (χ2n) is 5.92. The third-order valence-corrected chi connectivity index (χ3v) is 5.09. The number of halogens is 2. The minimum atomic E-state index is -0.715. The highest BCUT2D eigenvalue weighted by Gasteiger charge is 2.25. The van der Waals surface area contributed by atoms with E-state index in [2.05, 4.69) is 0 Å². The van der Waals surface area contributed by atoms with Crippen molar-refractivity contribution in [2.75, 3.05) is 24.3 Å². The Kier molecular flexibility index (Phi) is 5.55. The molecule has 1 aliphatic rings. The van der Waals surface area contributed by atoms with Crippen molar-refractivity contribution in [3.05, 3.63) is 59.2 Å². The molecule has 1 heterocycles. The van der Waals surface area contributed by atoms with Crippen LogP contribution in [0.25, 0.3) is 0 Å². The number of Topliss-reactive ketones (excluding diaryl/α,β-unsaturated/α-hetero) is 1. The van der Waals surface area contributed by atoms with Crippen LogP contribution in [-0.4, -0.2) is 37.1 Å². The second-order valence-corrected chi connectivity index (χ2v) is 6.94. The SMILES string of the molecule is CN1C(=O)Cc2cc(C(=O)COC(=O)CSc3cc(F)ccc3F)ccc21. The zero-order valence-electron chi connectivity index (χ0n) is 14.3. The second kappa shape index (κ2) is 7.87. The number of likely N-dealkylation sites (N-methyl/N-ethyl adjacent to an activating group) is 1. The van der Waals surface area contributed by atoms with Crippen molar-refractivity contribution in [2.45, 2.75) is 11.3 Å². The van der Waals surface area contributed by atoms with E-state index in [1.54, 1.807) is 25.2 Å². The summed E-state index contributed by atoms with van der Waals surface area (Å²) < 4.78 is 31.5. The summed E-state index contributed by atoms with van der Waals surface area (Å²) in [5.74, 6) is -2.67. The molecule has 0 saturated heterocycles. The van der Waals surface area contributed by atoms with Crippen LogP contribution in [-0.2, 0) is 20.7 Å². The molecule has 0 fully saturated rings. The third-order valence-electron chi connectivity index (χ3n) is 4.08. The average Bonchev–Trinajstić information content (AvgIpc) is 2.93. The van der Waals surface area contributed by atoms with Crippen LogP contribution in [0.5, 0.6) is 0 Å². The van der Waals surface area contributed by atoms with Gasteiger partial charge in [0.2, 0.25) is 5.91 Å². The summed E-state index contributed by atoms with van der Waals surface area (Å²) in [6, 6.07) is 7.81. The van der Waals surface area contributed by atoms with E-state index in [1.165, 1.54) is 4.90 Å². The van der Waals surface area contributed by atoms with Crippen molar-refractivity contribution in [1.29, 1.82) is 0 Å². The van der Waals surface area contributed by atoms with Gasteiger partial charge in [0.05, 0.1) is 12.2 Å². The Morgan fingerprint density at radius 3 is 2.74 bits per heavy atom. The number of benzene rings is 2. The lowest BCUT2D eigenvalue weighted by Crippen LogP contribution is -2.20. The number of hydrogen-bond donors (Lipinski definition) is 0. The first kappa shape index (κ1) is 19.0. The number of carbonyl (C=O) groups excluding carboxylic acids is 3. The summed E-state index contributed by atoms with van der Waals surface area (Å²) in [6.07, 6.45) is 0.225. The van der Waals surface area contributed by atoms with Crippen molar-refractivity contribution in [2.24, 2.45) is 0 Å². The molecule has 8 heteroatoms. The molecular formula is C19H15F2NO4S. The summed E-state index contributed by atoms with van der Waals surface area (Å²) in [5.41, 5.74) is 1.84. The lowest BCUT2D eigenvalue weighted by atomic mass is 10.1. The van der Waals surface area contributed by atoms with E-state index in [0.717, 1.165) is 41.2 Å². The Morgan fingerprint density at radius 2 is 1.96 bits per heavy atom. The van der Waals surface area contributed by atoms with Crippen LogP contribution < -0.4 is 4.90 Å². The normalized spacial score (nSPS) is 12.9. The summed E-state index contributed by atoms with van der Waals surface area (Å²) in [5, 5.41) is 0. The Balaban J connectivity index is 1.53. The van der Waals surface area contributed by atoms with E-state index in [9.17, 15) is 23.2 Å². The fourth-order valence-corrected chi connectivity index (χ4v) is 3.40. The Hall–Kier alpha value is -2.74. The molecule has 0 spiro atoms. The van der Waals surface area contributed by atoms with Crippen LogP contribution >= 0.6 is 11.8 Å². The summed E-state index contributed by atoms with van der Waals surface area (Å²) >= 11 is 0.790. The largest absolute Gasteiger partial charge is 0.457 e. The number of ketones is 1. The topological polar surface area (TPSA) is 63.7 Å². The molecule has 5 nitrogen and oxygen atoms in total. The standard InChI is InChI=1S/C19H15F2NO4S/c1-22-15-5-2-11(6-12(15)7-18(22)24)16(23)9-26-19(25)10-27-17-8-13(20)3-4-14(17)21/h2-6,8H,7,9-10H2,1H3. The quantitative estimate of drug-likeness (QED) is 0.430. The number of thioether (sulfide) groups is 1. The molecule has 0 bridgehead atoms. The Labute approximate surface area is 158 Å². The number of esters is 1. The Bertz CT molecular complexity index is 932. The van der Waals surface area contributed by atoms with Gasteiger partial charge in [-0.15, -0.1) is 11.8 Å². The van der Waals surface area contributed by atoms with Gasteiger partial charge >= 0.3 is 5.97 Å². The van der Waals surface area contributed by atoms with Crippen LogP contribution in [0.1, 0.15) is 15.9 Å². The first-order valence-corrected chi connectivity index (χ1v) is 9.00. The van der Waals surface area contributed by atoms with Gasteiger partial charge in [0.25, 0.3) is 0 Å². The van der Waals surface area contributed by atoms with Gasteiger partial charge in [-0.05, 0) is 42.0 Å². The molecule has 0 saturated carbocycles. The molecule has 27 heavy (non-hydrogen) atoms. The van der Waals surface area contributed by atoms with Crippen LogP contribution in [0.2, 0.25) is 0 Å². The van der Waals surface area contributed by atoms with Gasteiger partial charge < -0.3 is 9.64 Å². The van der Waals surface area contributed by atoms with Gasteiger partial charge in [-0.3, -0.25) is 14.4 Å². The van der Waals surface area contributed by atoms with Gasteiger partial charge in [-0.1, -0.05) is 0 Å². The lowest BCUT2D eigenvalue weighted by molar-refractivity contribution is -0.139. The van der Waals surface area contributed by atoms with Crippen LogP contribution in [0.4, 0.5) is 14.5 Å². The summed E-state index contributed by atoms with van der Waals surface area (Å²) in [4.78, 5) is 37.1. The third kappa shape index (κ3) is 4.33. The maximum Gasteiger partial charge on any atom is 0.316 e. The molecule has 2 aromatic rings. The fourth-order valence-electron chi connectivity index (χ4n) is 2.64. The van der Waals surface area contributed by atoms with E-state index in [0.29, 0.717) is 5.56 Å². The summed E-state index contributed by atoms with van der Waals surface area (Å²) in [7, 11) is 1.66. The average molecular weight is 391 g/mol. The number of anilines is 1. The van der Waals surface area contributed by atoms with E-state index < -0.39 is 30.0 Å². The summed E-state index contributed by atoms with van der Waals surface area (Å²) in [6.45, 7) is -0.465. The van der Waals surface area contributed by atoms with Gasteiger partial charge in [-0.2, -0.15) is 0 Å². The smallest absolute Gasteiger partial charge is 0.316 e. The molecule has 140 valence electrons. The number of rotatable bonds is 6. The molecule has 0 N–H and O–H groups in total. The minimum Gasteiger partial charge on any atom is -0.457 e. The number of amides is 1. The van der Waals surface area contributed by atoms with Crippen molar-refractivity contribution in [1.82, 2.24) is 0 Å². The first-order valence-electron chi connectivity index (χ1n) is 8.01. The van der Waals surface area contributed by atoms with E-state index >= 15 is 0 Å². The zero-order valence-corrected chi connectivity index (χ0v) is 15.1. The fraction of sp³-hybridized carbons (Fsp3) is 0.211. The maximum absolute atomic E-state index is 13.5. The number of carbonyl (C=O) groups is 3. The predicted molar refractivity (Wildman–Crippen MR) is 95.9 cm³/mol. The number of fused-ring (bicyclic) bond motifs is 1. The molecule has 0 unspecified atom stereocenters. The van der Waals surface area contributed by atoms with Crippen LogP contribution in [0, 0.1) is 11.6 Å². The highest BCUT2D eigenvalue weighted by atomic mass is 32.2. The maximum atomic E-state index is 13.5. The molecule has 3 rings (SSSR count). The minimum absolute atomic E-state index is 0.00862. The molecule has 0 radical (unpaired) electrons. The molecule has 2 aromatic carbocycles. The van der Waals surface area contributed by atoms with Gasteiger partial charge in [-0.25, -0.2) is 8.78 Å². The lowest BCUT2D eigenvalue weighted by Gasteiger charge is -2.10. The van der Waals surface area contributed by atoms with Crippen molar-refractivity contribution >= 4 is 35.1 Å². The van der Waals surface area contributed by atoms with E-state index in [1.807, 2.05) is 0 Å². The van der Waals surface area contributed by atoms with Crippen LogP contribution in [0.15, 0.2) is 41.3 Å². The molecule has 0 aromatic heterocycles. The first-order chi connectivity index (χ1) is 12.8. The molecular weight excluding hydrogens is 376 g/mol. The van der Waals surface area contributed by atoms with Crippen molar-refractivity contribution in [3.8, 4) is 0 Å². The van der Waals surface area contributed by atoms with E-state index in [-0.39, 0.29) is 23.0 Å². The number of hydrogen-bond acceptors (Lipinski definition) is 5. The molecule has 1 aliphatic heterocycles. The zero-order chi connectivity index (χ0) is 19.6. The van der Waals surface area contributed by atoms with Gasteiger partial charge in [0.1, 0.15) is 11.6 Å². The monoisotopic (exact) mass is 391 g/mol. The number of ether oxygens (including phenoxy) is 1. The molecule has 0 atom stereocenters. The number of nitrogens with zero attached hydrogens (tertiary/aromatic N) is 1. The van der Waals surface area contributed by atoms with Crippen molar-refractivity contribution < 1.29 is 27.9 Å². The highest BCUT2D eigenvalue weighted by Crippen LogP contribution is 2.28. The van der Waals surface area contributed by atoms with Gasteiger partial charge in [0, 0.05) is 23.2 Å². The highest BCUT2D eigenvalue weighted by molar-refractivity contribution is 8.00. The van der Waals surface area contributed by atoms with E-state index in [4.69, 9.17) is 4.74 Å². The van der Waals surface area contributed by atoms with Crippen LogP contribution in [0.3, 0.4) is 0 Å². The predicted octanol–water partition coefficient (Wildman–Crippen LogP) is 3.00. The van der Waals surface area contributed by atoms with Crippen molar-refractivity contribution in [3.63, 3.8) is 0 Å².